The van der Waals surface area contributed by atoms with E-state index in [2.05, 4.69) is 20.1 Å². The fourth-order valence-corrected chi connectivity index (χ4v) is 3.28. The molecule has 0 radical (unpaired) electrons. The first-order chi connectivity index (χ1) is 10.7. The van der Waals surface area contributed by atoms with Crippen molar-refractivity contribution in [3.05, 3.63) is 17.2 Å². The first kappa shape index (κ1) is 16.2. The molecule has 0 spiro atoms. The van der Waals surface area contributed by atoms with Crippen LogP contribution < -0.4 is 5.32 Å². The molecule has 7 heteroatoms. The van der Waals surface area contributed by atoms with Crippen molar-refractivity contribution in [2.24, 2.45) is 7.05 Å². The van der Waals surface area contributed by atoms with Crippen LogP contribution in [0.5, 0.6) is 0 Å². The van der Waals surface area contributed by atoms with E-state index in [1.54, 1.807) is 6.20 Å². The summed E-state index contributed by atoms with van der Waals surface area (Å²) in [4.78, 5) is 9.38. The van der Waals surface area contributed by atoms with Gasteiger partial charge in [0, 0.05) is 45.8 Å². The highest BCUT2D eigenvalue weighted by atomic mass is 35.5. The second-order valence-corrected chi connectivity index (χ2v) is 6.56. The summed E-state index contributed by atoms with van der Waals surface area (Å²) in [5, 5.41) is 4.29. The van der Waals surface area contributed by atoms with E-state index in [0.717, 1.165) is 58.3 Å². The molecule has 0 saturated carbocycles. The SMILES string of the molecule is Cn1c(Cl)cnc1CNC1CCN(CCN2CCOCC2)C1. The van der Waals surface area contributed by atoms with Crippen molar-refractivity contribution in [3.8, 4) is 0 Å². The summed E-state index contributed by atoms with van der Waals surface area (Å²) in [5.41, 5.74) is 0. The average molecular weight is 328 g/mol. The average Bonchev–Trinajstić information content (AvgIpc) is 3.13. The van der Waals surface area contributed by atoms with Gasteiger partial charge in [-0.1, -0.05) is 11.6 Å². The lowest BCUT2D eigenvalue weighted by Gasteiger charge is -2.28. The molecule has 1 N–H and O–H groups in total. The molecule has 2 aliphatic heterocycles. The second kappa shape index (κ2) is 7.75. The standard InChI is InChI=1S/C15H26ClN5O/c1-19-14(16)10-18-15(19)11-17-13-2-3-21(12-13)5-4-20-6-8-22-9-7-20/h10,13,17H,2-9,11-12H2,1H3. The van der Waals surface area contributed by atoms with Crippen molar-refractivity contribution in [2.45, 2.75) is 19.0 Å². The monoisotopic (exact) mass is 327 g/mol. The molecule has 0 bridgehead atoms. The maximum absolute atomic E-state index is 6.01. The Morgan fingerprint density at radius 1 is 1.27 bits per heavy atom. The van der Waals surface area contributed by atoms with Crippen LogP contribution in [-0.2, 0) is 18.3 Å². The first-order valence-electron chi connectivity index (χ1n) is 8.14. The molecule has 6 nitrogen and oxygen atoms in total. The Bertz CT molecular complexity index is 474. The van der Waals surface area contributed by atoms with Crippen LogP contribution in [0.3, 0.4) is 0 Å². The number of nitrogens with zero attached hydrogens (tertiary/aromatic N) is 4. The summed E-state index contributed by atoms with van der Waals surface area (Å²) in [6, 6.07) is 0.556. The smallest absolute Gasteiger partial charge is 0.128 e. The van der Waals surface area contributed by atoms with E-state index >= 15 is 0 Å². The largest absolute Gasteiger partial charge is 0.379 e. The van der Waals surface area contributed by atoms with Crippen molar-refractivity contribution >= 4 is 11.6 Å². The van der Waals surface area contributed by atoms with Crippen LogP contribution in [0.1, 0.15) is 12.2 Å². The Labute approximate surface area is 137 Å². The number of ether oxygens (including phenoxy) is 1. The van der Waals surface area contributed by atoms with E-state index in [4.69, 9.17) is 16.3 Å². The third kappa shape index (κ3) is 4.20. The number of imidazole rings is 1. The molecule has 3 rings (SSSR count). The molecule has 124 valence electrons. The number of nitrogens with one attached hydrogen (secondary N) is 1. The predicted molar refractivity (Wildman–Crippen MR) is 87.2 cm³/mol. The van der Waals surface area contributed by atoms with Crippen LogP contribution in [0.15, 0.2) is 6.20 Å². The zero-order valence-corrected chi connectivity index (χ0v) is 14.1. The summed E-state index contributed by atoms with van der Waals surface area (Å²) in [7, 11) is 1.95. The molecular formula is C15H26ClN5O. The molecular weight excluding hydrogens is 302 g/mol. The van der Waals surface area contributed by atoms with E-state index < -0.39 is 0 Å². The van der Waals surface area contributed by atoms with Crippen molar-refractivity contribution in [3.63, 3.8) is 0 Å². The van der Waals surface area contributed by atoms with Gasteiger partial charge in [-0.2, -0.15) is 0 Å². The van der Waals surface area contributed by atoms with Crippen LogP contribution in [0.2, 0.25) is 5.15 Å². The zero-order chi connectivity index (χ0) is 15.4. The Morgan fingerprint density at radius 3 is 2.77 bits per heavy atom. The van der Waals surface area contributed by atoms with Crippen LogP contribution in [0.25, 0.3) is 0 Å². The van der Waals surface area contributed by atoms with E-state index in [-0.39, 0.29) is 0 Å². The van der Waals surface area contributed by atoms with Gasteiger partial charge in [-0.3, -0.25) is 4.90 Å². The highest BCUT2D eigenvalue weighted by molar-refractivity contribution is 6.29. The van der Waals surface area contributed by atoms with E-state index in [1.165, 1.54) is 13.0 Å². The van der Waals surface area contributed by atoms with E-state index in [1.807, 2.05) is 11.6 Å². The molecule has 1 aromatic rings. The minimum atomic E-state index is 0.556. The lowest BCUT2D eigenvalue weighted by atomic mass is 10.2. The van der Waals surface area contributed by atoms with Crippen molar-refractivity contribution < 1.29 is 4.74 Å². The summed E-state index contributed by atoms with van der Waals surface area (Å²) >= 11 is 6.01. The predicted octanol–water partition coefficient (Wildman–Crippen LogP) is 0.570. The molecule has 0 amide bonds. The minimum absolute atomic E-state index is 0.556. The molecule has 2 fully saturated rings. The first-order valence-corrected chi connectivity index (χ1v) is 8.52. The Morgan fingerprint density at radius 2 is 2.05 bits per heavy atom. The third-order valence-electron chi connectivity index (χ3n) is 4.69. The molecule has 0 aromatic carbocycles. The summed E-state index contributed by atoms with van der Waals surface area (Å²) in [5.74, 6) is 0.997. The van der Waals surface area contributed by atoms with Gasteiger partial charge >= 0.3 is 0 Å². The molecule has 2 aliphatic rings. The lowest BCUT2D eigenvalue weighted by Crippen LogP contribution is -2.41. The van der Waals surface area contributed by atoms with Crippen molar-refractivity contribution in [2.75, 3.05) is 52.5 Å². The highest BCUT2D eigenvalue weighted by Gasteiger charge is 2.23. The molecule has 1 aromatic heterocycles. The maximum atomic E-state index is 6.01. The van der Waals surface area contributed by atoms with Gasteiger partial charge in [0.15, 0.2) is 0 Å². The summed E-state index contributed by atoms with van der Waals surface area (Å²) in [6.07, 6.45) is 2.92. The lowest BCUT2D eigenvalue weighted by molar-refractivity contribution is 0.0343. The fourth-order valence-electron chi connectivity index (χ4n) is 3.13. The van der Waals surface area contributed by atoms with Gasteiger partial charge in [-0.25, -0.2) is 4.98 Å². The number of rotatable bonds is 6. The quantitative estimate of drug-likeness (QED) is 0.827. The fraction of sp³-hybridized carbons (Fsp3) is 0.800. The third-order valence-corrected chi connectivity index (χ3v) is 5.04. The number of likely N-dealkylation sites (tertiary alicyclic amines) is 1. The van der Waals surface area contributed by atoms with Crippen LogP contribution in [-0.4, -0.2) is 77.9 Å². The van der Waals surface area contributed by atoms with Gasteiger partial charge in [0.05, 0.1) is 26.0 Å². The summed E-state index contributed by atoms with van der Waals surface area (Å²) < 4.78 is 7.32. The molecule has 1 unspecified atom stereocenters. The number of aromatic nitrogens is 2. The Balaban J connectivity index is 1.36. The van der Waals surface area contributed by atoms with Gasteiger partial charge in [0.2, 0.25) is 0 Å². The zero-order valence-electron chi connectivity index (χ0n) is 13.3. The molecule has 2 saturated heterocycles. The van der Waals surface area contributed by atoms with Gasteiger partial charge in [-0.05, 0) is 13.0 Å². The molecule has 22 heavy (non-hydrogen) atoms. The van der Waals surface area contributed by atoms with Gasteiger partial charge < -0.3 is 19.5 Å². The van der Waals surface area contributed by atoms with Crippen molar-refractivity contribution in [1.82, 2.24) is 24.7 Å². The molecule has 3 heterocycles. The van der Waals surface area contributed by atoms with E-state index in [0.29, 0.717) is 11.2 Å². The number of halogens is 1. The number of hydrogen-bond donors (Lipinski definition) is 1. The summed E-state index contributed by atoms with van der Waals surface area (Å²) in [6.45, 7) is 9.34. The normalized spacial score (nSPS) is 24.2. The Kier molecular flexibility index (Phi) is 5.71. The van der Waals surface area contributed by atoms with Crippen LogP contribution in [0.4, 0.5) is 0 Å². The number of hydrogen-bond acceptors (Lipinski definition) is 5. The van der Waals surface area contributed by atoms with Crippen LogP contribution in [0, 0.1) is 0 Å². The van der Waals surface area contributed by atoms with Gasteiger partial charge in [0.1, 0.15) is 11.0 Å². The second-order valence-electron chi connectivity index (χ2n) is 6.18. The van der Waals surface area contributed by atoms with Gasteiger partial charge in [-0.15, -0.1) is 0 Å². The molecule has 1 atom stereocenters. The van der Waals surface area contributed by atoms with Crippen LogP contribution >= 0.6 is 11.6 Å². The van der Waals surface area contributed by atoms with E-state index in [9.17, 15) is 0 Å². The topological polar surface area (TPSA) is 45.6 Å². The number of morpholine rings is 1. The van der Waals surface area contributed by atoms with Crippen molar-refractivity contribution in [1.29, 1.82) is 0 Å². The van der Waals surface area contributed by atoms with Gasteiger partial charge in [0.25, 0.3) is 0 Å². The highest BCUT2D eigenvalue weighted by Crippen LogP contribution is 2.12. The maximum Gasteiger partial charge on any atom is 0.128 e. The minimum Gasteiger partial charge on any atom is -0.379 e. The molecule has 0 aliphatic carbocycles. The Hall–Kier alpha value is -0.660.